The van der Waals surface area contributed by atoms with Crippen molar-refractivity contribution < 1.29 is 21.7 Å². The van der Waals surface area contributed by atoms with E-state index in [-0.39, 0.29) is 17.0 Å². The summed E-state index contributed by atoms with van der Waals surface area (Å²) >= 11 is 0. The normalized spacial score (nSPS) is 10.8. The Bertz CT molecular complexity index is 981. The van der Waals surface area contributed by atoms with Gasteiger partial charge in [0, 0.05) is 0 Å². The molecule has 4 aromatic carbocycles. The summed E-state index contributed by atoms with van der Waals surface area (Å²) in [4.78, 5) is 0. The first-order chi connectivity index (χ1) is 13.8. The van der Waals surface area contributed by atoms with Gasteiger partial charge in [-0.05, 0) is 42.0 Å². The van der Waals surface area contributed by atoms with Gasteiger partial charge in [-0.15, -0.1) is 0 Å². The minimum atomic E-state index is -1.81. The Hall–Kier alpha value is -2.41. The van der Waals surface area contributed by atoms with E-state index in [1.807, 2.05) is 6.07 Å². The van der Waals surface area contributed by atoms with Crippen LogP contribution in [-0.4, -0.2) is 6.66 Å². The van der Waals surface area contributed by atoms with Crippen LogP contribution in [0.15, 0.2) is 115 Å². The van der Waals surface area contributed by atoms with Gasteiger partial charge in [-0.25, -0.2) is 0 Å². The zero-order valence-electron chi connectivity index (χ0n) is 16.4. The number of rotatable bonds is 6. The number of hydrogen-bond donors (Lipinski definition) is 0. The van der Waals surface area contributed by atoms with Gasteiger partial charge in [0.2, 0.25) is 0 Å². The molecule has 4 aromatic rings. The highest BCUT2D eigenvalue weighted by atomic mass is 79.9. The summed E-state index contributed by atoms with van der Waals surface area (Å²) in [5, 5.41) is 4.00. The lowest BCUT2D eigenvalue weighted by Crippen LogP contribution is -3.00. The zero-order valence-corrected chi connectivity index (χ0v) is 18.9. The number of para-hydroxylation sites is 1. The quantitative estimate of drug-likeness (QED) is 0.399. The molecule has 29 heavy (non-hydrogen) atoms. The molecule has 0 aliphatic carbocycles. The third-order valence-corrected chi connectivity index (χ3v) is 9.12. The highest BCUT2D eigenvalue weighted by molar-refractivity contribution is 7.95. The topological polar surface area (TPSA) is 9.23 Å². The Labute approximate surface area is 184 Å². The summed E-state index contributed by atoms with van der Waals surface area (Å²) in [5.41, 5.74) is 1.18. The third-order valence-electron chi connectivity index (χ3n) is 5.13. The molecule has 0 saturated carbocycles. The Morgan fingerprint density at radius 1 is 0.586 bits per heavy atom. The summed E-state index contributed by atoms with van der Waals surface area (Å²) in [7, 11) is -1.81. The van der Waals surface area contributed by atoms with Crippen LogP contribution in [0.5, 0.6) is 5.75 Å². The van der Waals surface area contributed by atoms with Gasteiger partial charge in [0.15, 0.2) is 5.75 Å². The number of benzene rings is 4. The number of ether oxygens (including phenoxy) is 1. The molecule has 0 radical (unpaired) electrons. The van der Waals surface area contributed by atoms with Crippen LogP contribution in [0.1, 0.15) is 5.56 Å². The maximum absolute atomic E-state index is 6.34. The molecule has 0 aromatic heterocycles. The smallest absolute Gasteiger partial charge is 0.162 e. The van der Waals surface area contributed by atoms with Crippen molar-refractivity contribution in [2.75, 3.05) is 6.66 Å². The molecule has 0 N–H and O–H groups in total. The van der Waals surface area contributed by atoms with Crippen molar-refractivity contribution in [2.45, 2.75) is 6.61 Å². The number of hydrogen-bond acceptors (Lipinski definition) is 1. The monoisotopic (exact) mass is 462 g/mol. The van der Waals surface area contributed by atoms with Gasteiger partial charge in [0.25, 0.3) is 0 Å². The van der Waals surface area contributed by atoms with Crippen LogP contribution in [0.4, 0.5) is 0 Å². The van der Waals surface area contributed by atoms with Crippen LogP contribution in [0.25, 0.3) is 0 Å². The molecule has 0 aliphatic heterocycles. The Balaban J connectivity index is 0.00000240. The van der Waals surface area contributed by atoms with Crippen molar-refractivity contribution in [2.24, 2.45) is 0 Å². The second-order valence-corrected chi connectivity index (χ2v) is 10.4. The van der Waals surface area contributed by atoms with Gasteiger partial charge in [0.05, 0.1) is 6.66 Å². The van der Waals surface area contributed by atoms with E-state index in [4.69, 9.17) is 4.74 Å². The molecule has 4 rings (SSSR count). The van der Waals surface area contributed by atoms with Crippen molar-refractivity contribution in [1.29, 1.82) is 0 Å². The van der Waals surface area contributed by atoms with Crippen molar-refractivity contribution in [3.05, 3.63) is 121 Å². The van der Waals surface area contributed by atoms with Gasteiger partial charge < -0.3 is 21.7 Å². The predicted molar refractivity (Wildman–Crippen MR) is 122 cm³/mol. The largest absolute Gasteiger partial charge is 1.00 e. The summed E-state index contributed by atoms with van der Waals surface area (Å²) in [6, 6.07) is 40.5. The highest BCUT2D eigenvalue weighted by Gasteiger charge is 2.42. The van der Waals surface area contributed by atoms with Gasteiger partial charge in [-0.3, -0.25) is 0 Å². The van der Waals surface area contributed by atoms with E-state index in [1.54, 1.807) is 0 Å². The second-order valence-electron chi connectivity index (χ2n) is 6.92. The SMILES string of the molecule is C[P+](c1ccccc1)(c1ccccc1)c1ccccc1OCc1ccccc1.[Br-]. The minimum absolute atomic E-state index is 0. The Kier molecular flexibility index (Phi) is 7.25. The maximum Gasteiger partial charge on any atom is 0.162 e. The van der Waals surface area contributed by atoms with Crippen LogP contribution >= 0.6 is 7.26 Å². The fraction of sp³-hybridized carbons (Fsp3) is 0.0769. The molecule has 0 saturated heterocycles. The van der Waals surface area contributed by atoms with Crippen molar-refractivity contribution in [3.8, 4) is 5.75 Å². The molecule has 0 heterocycles. The average Bonchev–Trinajstić information content (AvgIpc) is 2.79. The fourth-order valence-corrected chi connectivity index (χ4v) is 6.92. The lowest BCUT2D eigenvalue weighted by molar-refractivity contribution is -0.00000582. The lowest BCUT2D eigenvalue weighted by Gasteiger charge is -2.25. The third kappa shape index (κ3) is 4.61. The molecule has 0 atom stereocenters. The van der Waals surface area contributed by atoms with E-state index in [1.165, 1.54) is 21.5 Å². The van der Waals surface area contributed by atoms with Crippen LogP contribution in [0.3, 0.4) is 0 Å². The molecule has 146 valence electrons. The van der Waals surface area contributed by atoms with Crippen molar-refractivity contribution >= 4 is 23.2 Å². The van der Waals surface area contributed by atoms with Gasteiger partial charge >= 0.3 is 0 Å². The molecule has 0 amide bonds. The summed E-state index contributed by atoms with van der Waals surface area (Å²) in [6.45, 7) is 2.96. The molecule has 0 unspecified atom stereocenters. The van der Waals surface area contributed by atoms with Crippen LogP contribution in [-0.2, 0) is 6.61 Å². The standard InChI is InChI=1S/C26H24OP.BrH/c1-28(23-15-7-3-8-16-23,24-17-9-4-10-18-24)26-20-12-11-19-25(26)27-21-22-13-5-2-6-14-22;/h2-20H,21H2,1H3;1H/q+1;/p-1. The van der Waals surface area contributed by atoms with E-state index in [0.717, 1.165) is 5.75 Å². The first-order valence-corrected chi connectivity index (χ1v) is 11.8. The molecule has 0 spiro atoms. The zero-order chi connectivity index (χ0) is 19.2. The fourth-order valence-electron chi connectivity index (χ4n) is 3.56. The lowest BCUT2D eigenvalue weighted by atomic mass is 10.2. The van der Waals surface area contributed by atoms with Crippen LogP contribution in [0, 0.1) is 0 Å². The molecule has 0 aliphatic rings. The summed E-state index contributed by atoms with van der Waals surface area (Å²) in [5.74, 6) is 0.967. The van der Waals surface area contributed by atoms with Crippen molar-refractivity contribution in [3.63, 3.8) is 0 Å². The molecular formula is C26H24BrOP. The first kappa shape index (κ1) is 21.3. The summed E-state index contributed by atoms with van der Waals surface area (Å²) < 4.78 is 6.34. The molecule has 0 bridgehead atoms. The minimum Gasteiger partial charge on any atom is -1.00 e. The van der Waals surface area contributed by atoms with E-state index in [2.05, 4.69) is 116 Å². The maximum atomic E-state index is 6.34. The van der Waals surface area contributed by atoms with E-state index in [0.29, 0.717) is 6.61 Å². The van der Waals surface area contributed by atoms with Crippen LogP contribution < -0.4 is 37.6 Å². The number of halogens is 1. The summed E-state index contributed by atoms with van der Waals surface area (Å²) in [6.07, 6.45) is 0. The van der Waals surface area contributed by atoms with Gasteiger partial charge in [-0.1, -0.05) is 78.9 Å². The van der Waals surface area contributed by atoms with E-state index in [9.17, 15) is 0 Å². The second kappa shape index (κ2) is 9.87. The van der Waals surface area contributed by atoms with Gasteiger partial charge in [0.1, 0.15) is 29.8 Å². The van der Waals surface area contributed by atoms with E-state index >= 15 is 0 Å². The van der Waals surface area contributed by atoms with Gasteiger partial charge in [-0.2, -0.15) is 0 Å². The Morgan fingerprint density at radius 3 is 1.59 bits per heavy atom. The molecule has 3 heteroatoms. The first-order valence-electron chi connectivity index (χ1n) is 9.52. The van der Waals surface area contributed by atoms with E-state index < -0.39 is 7.26 Å². The van der Waals surface area contributed by atoms with Crippen LogP contribution in [0.2, 0.25) is 0 Å². The predicted octanol–water partition coefficient (Wildman–Crippen LogP) is 2.19. The average molecular weight is 463 g/mol. The Morgan fingerprint density at radius 2 is 1.03 bits per heavy atom. The molecule has 1 nitrogen and oxygen atoms in total. The molecular weight excluding hydrogens is 439 g/mol. The van der Waals surface area contributed by atoms with Crippen molar-refractivity contribution in [1.82, 2.24) is 0 Å². The molecule has 0 fully saturated rings. The highest BCUT2D eigenvalue weighted by Crippen LogP contribution is 2.53.